The van der Waals surface area contributed by atoms with Crippen LogP contribution in [-0.4, -0.2) is 4.98 Å². The average molecular weight is 514 g/mol. The van der Waals surface area contributed by atoms with Crippen molar-refractivity contribution in [3.05, 3.63) is 89.6 Å². The van der Waals surface area contributed by atoms with Gasteiger partial charge in [-0.05, 0) is 71.0 Å². The van der Waals surface area contributed by atoms with Crippen LogP contribution in [0.4, 0.5) is 0 Å². The molecule has 0 aliphatic heterocycles. The summed E-state index contributed by atoms with van der Waals surface area (Å²) in [6.45, 7) is 16.3. The number of pyridine rings is 1. The van der Waals surface area contributed by atoms with Gasteiger partial charge in [0.1, 0.15) is 22.5 Å². The van der Waals surface area contributed by atoms with Gasteiger partial charge in [0.2, 0.25) is 0 Å². The van der Waals surface area contributed by atoms with E-state index in [9.17, 15) is 0 Å². The van der Waals surface area contributed by atoms with Crippen molar-refractivity contribution in [2.24, 2.45) is 5.41 Å². The first kappa shape index (κ1) is 24.2. The largest absolute Gasteiger partial charge is 0.456 e. The lowest BCUT2D eigenvalue weighted by Gasteiger charge is -2.48. The highest BCUT2D eigenvalue weighted by molar-refractivity contribution is 6.10. The fraction of sp³-hybridized carbons (Fsp3) is 0.306. The molecule has 7 rings (SSSR count). The lowest BCUT2D eigenvalue weighted by Crippen LogP contribution is -2.44. The van der Waals surface area contributed by atoms with Crippen molar-refractivity contribution in [2.75, 3.05) is 0 Å². The second-order valence-electron chi connectivity index (χ2n) is 13.5. The molecule has 3 heteroatoms. The molecule has 3 heterocycles. The molecule has 196 valence electrons. The number of aromatic nitrogens is 1. The first-order valence-corrected chi connectivity index (χ1v) is 13.9. The summed E-state index contributed by atoms with van der Waals surface area (Å²) in [7, 11) is 0. The van der Waals surface area contributed by atoms with E-state index in [0.29, 0.717) is 0 Å². The molecule has 0 fully saturated rings. The van der Waals surface area contributed by atoms with Crippen LogP contribution in [0.2, 0.25) is 0 Å². The van der Waals surface area contributed by atoms with Crippen LogP contribution < -0.4 is 0 Å². The van der Waals surface area contributed by atoms with Crippen LogP contribution in [0.15, 0.2) is 81.8 Å². The number of hydrogen-bond acceptors (Lipinski definition) is 3. The Kier molecular flexibility index (Phi) is 4.87. The van der Waals surface area contributed by atoms with E-state index in [1.165, 1.54) is 27.6 Å². The normalized spacial score (nSPS) is 16.1. The summed E-state index contributed by atoms with van der Waals surface area (Å²) in [5.41, 5.74) is 9.80. The quantitative estimate of drug-likeness (QED) is 0.231. The lowest BCUT2D eigenvalue weighted by atomic mass is 9.55. The minimum absolute atomic E-state index is 0.203. The number of benzene rings is 3. The van der Waals surface area contributed by atoms with Crippen molar-refractivity contribution in [3.63, 3.8) is 0 Å². The zero-order chi connectivity index (χ0) is 27.3. The van der Waals surface area contributed by atoms with Crippen molar-refractivity contribution >= 4 is 32.9 Å². The highest BCUT2D eigenvalue weighted by Gasteiger charge is 2.49. The van der Waals surface area contributed by atoms with E-state index >= 15 is 0 Å². The van der Waals surface area contributed by atoms with Gasteiger partial charge >= 0.3 is 0 Å². The molecule has 0 spiro atoms. The number of para-hydroxylation sites is 1. The third kappa shape index (κ3) is 3.45. The average Bonchev–Trinajstić information content (AvgIpc) is 3.47. The lowest BCUT2D eigenvalue weighted by molar-refractivity contribution is 0.301. The van der Waals surface area contributed by atoms with E-state index in [0.717, 1.165) is 51.0 Å². The van der Waals surface area contributed by atoms with E-state index in [1.807, 2.05) is 12.3 Å². The Balaban J connectivity index is 1.48. The van der Waals surface area contributed by atoms with E-state index < -0.39 is 0 Å². The Labute approximate surface area is 229 Å². The molecule has 0 N–H and O–H groups in total. The second-order valence-corrected chi connectivity index (χ2v) is 13.5. The zero-order valence-corrected chi connectivity index (χ0v) is 23.9. The van der Waals surface area contributed by atoms with Crippen LogP contribution in [0.25, 0.3) is 55.5 Å². The van der Waals surface area contributed by atoms with Crippen molar-refractivity contribution in [1.82, 2.24) is 4.98 Å². The van der Waals surface area contributed by atoms with Crippen LogP contribution in [0.5, 0.6) is 0 Å². The molecule has 0 amide bonds. The first-order valence-electron chi connectivity index (χ1n) is 13.9. The van der Waals surface area contributed by atoms with E-state index in [2.05, 4.69) is 109 Å². The molecule has 6 aromatic rings. The third-order valence-corrected chi connectivity index (χ3v) is 9.14. The van der Waals surface area contributed by atoms with Gasteiger partial charge in [0.15, 0.2) is 0 Å². The summed E-state index contributed by atoms with van der Waals surface area (Å²) in [6, 6.07) is 23.6. The molecule has 0 saturated heterocycles. The number of rotatable bonds is 2. The molecule has 0 saturated carbocycles. The van der Waals surface area contributed by atoms with Gasteiger partial charge in [-0.25, -0.2) is 0 Å². The maximum absolute atomic E-state index is 6.53. The summed E-state index contributed by atoms with van der Waals surface area (Å²) >= 11 is 0. The Morgan fingerprint density at radius 1 is 0.718 bits per heavy atom. The van der Waals surface area contributed by atoms with Gasteiger partial charge in [0.25, 0.3) is 0 Å². The number of furan rings is 2. The molecule has 0 radical (unpaired) electrons. The fourth-order valence-electron chi connectivity index (χ4n) is 6.74. The molecule has 0 atom stereocenters. The van der Waals surface area contributed by atoms with Gasteiger partial charge in [-0.2, -0.15) is 0 Å². The first-order chi connectivity index (χ1) is 18.5. The maximum Gasteiger partial charge on any atom is 0.135 e. The summed E-state index contributed by atoms with van der Waals surface area (Å²) in [5, 5.41) is 3.52. The maximum atomic E-state index is 6.53. The second kappa shape index (κ2) is 7.85. The molecular formula is C36H35NO2. The van der Waals surface area contributed by atoms with Crippen molar-refractivity contribution in [1.29, 1.82) is 0 Å². The third-order valence-electron chi connectivity index (χ3n) is 9.14. The summed E-state index contributed by atoms with van der Waals surface area (Å²) in [6.07, 6.45) is 2.96. The zero-order valence-electron chi connectivity index (χ0n) is 23.9. The smallest absolute Gasteiger partial charge is 0.135 e. The molecule has 3 aromatic heterocycles. The van der Waals surface area contributed by atoms with Crippen LogP contribution in [0, 0.1) is 5.41 Å². The van der Waals surface area contributed by atoms with Crippen molar-refractivity contribution in [2.45, 2.75) is 65.7 Å². The highest BCUT2D eigenvalue weighted by Crippen LogP contribution is 2.58. The predicted molar refractivity (Wildman–Crippen MR) is 161 cm³/mol. The Bertz CT molecular complexity index is 1920. The molecule has 1 aliphatic rings. The molecule has 39 heavy (non-hydrogen) atoms. The Hall–Kier alpha value is -3.85. The molecule has 3 aromatic carbocycles. The van der Waals surface area contributed by atoms with Crippen LogP contribution in [0.3, 0.4) is 0 Å². The molecule has 3 nitrogen and oxygen atoms in total. The van der Waals surface area contributed by atoms with Gasteiger partial charge in [-0.1, -0.05) is 72.7 Å². The number of hydrogen-bond donors (Lipinski definition) is 0. The van der Waals surface area contributed by atoms with E-state index in [1.54, 1.807) is 0 Å². The van der Waals surface area contributed by atoms with Gasteiger partial charge in [0.05, 0.1) is 5.69 Å². The van der Waals surface area contributed by atoms with Gasteiger partial charge in [-0.3, -0.25) is 4.98 Å². The topological polar surface area (TPSA) is 39.2 Å². The minimum Gasteiger partial charge on any atom is -0.456 e. The molecule has 0 bridgehead atoms. The van der Waals surface area contributed by atoms with Crippen molar-refractivity contribution < 1.29 is 8.83 Å². The summed E-state index contributed by atoms with van der Waals surface area (Å²) in [4.78, 5) is 5.02. The molecule has 1 aliphatic carbocycles. The van der Waals surface area contributed by atoms with Crippen molar-refractivity contribution in [3.8, 4) is 22.6 Å². The monoisotopic (exact) mass is 513 g/mol. The Morgan fingerprint density at radius 2 is 1.46 bits per heavy atom. The molecule has 0 unspecified atom stereocenters. The fourth-order valence-corrected chi connectivity index (χ4v) is 6.74. The number of fused-ring (bicyclic) bond motifs is 8. The van der Waals surface area contributed by atoms with Crippen LogP contribution in [0.1, 0.15) is 65.2 Å². The predicted octanol–water partition coefficient (Wildman–Crippen LogP) is 10.2. The van der Waals surface area contributed by atoms with Gasteiger partial charge in [0, 0.05) is 44.3 Å². The number of nitrogens with zero attached hydrogens (tertiary/aromatic N) is 1. The van der Waals surface area contributed by atoms with Gasteiger partial charge in [-0.15, -0.1) is 0 Å². The summed E-state index contributed by atoms with van der Waals surface area (Å²) in [5.74, 6) is 0.902. The van der Waals surface area contributed by atoms with Gasteiger partial charge < -0.3 is 8.83 Å². The van der Waals surface area contributed by atoms with E-state index in [4.69, 9.17) is 13.8 Å². The van der Waals surface area contributed by atoms with Crippen LogP contribution in [-0.2, 0) is 17.3 Å². The standard InChI is InChI=1S/C36H35NO2/c1-34(2,3)20-21-12-14-26-22(18-21)19-29(38-26)24-16-17-37-33-25-13-15-28-30(23-10-8-9-11-27(23)39-28)31(25)35(4,5)36(6,7)32(24)33/h8-19H,20H2,1-7H3. The molecular weight excluding hydrogens is 478 g/mol. The minimum atomic E-state index is -0.234. The van der Waals surface area contributed by atoms with Crippen LogP contribution >= 0.6 is 0 Å². The summed E-state index contributed by atoms with van der Waals surface area (Å²) < 4.78 is 12.8. The SMILES string of the molecule is CC(C)(C)Cc1ccc2oc(-c3ccnc4c3C(C)(C)C(C)(C)c3c-4ccc4oc5ccccc5c34)cc2c1. The Morgan fingerprint density at radius 3 is 2.26 bits per heavy atom. The highest BCUT2D eigenvalue weighted by atomic mass is 16.3. The van der Waals surface area contributed by atoms with E-state index in [-0.39, 0.29) is 16.2 Å².